The summed E-state index contributed by atoms with van der Waals surface area (Å²) < 4.78 is 1.96. The second kappa shape index (κ2) is 4.23. The highest BCUT2D eigenvalue weighted by molar-refractivity contribution is 6.06. The molecule has 82 valence electrons. The Labute approximate surface area is 94.4 Å². The van der Waals surface area contributed by atoms with E-state index >= 15 is 0 Å². The zero-order chi connectivity index (χ0) is 11.5. The molecule has 0 bridgehead atoms. The summed E-state index contributed by atoms with van der Waals surface area (Å²) in [6.07, 6.45) is 3.52. The molecule has 0 aliphatic heterocycles. The van der Waals surface area contributed by atoms with Crippen LogP contribution in [0.3, 0.4) is 0 Å². The summed E-state index contributed by atoms with van der Waals surface area (Å²) in [5, 5.41) is 3.76. The van der Waals surface area contributed by atoms with Crippen LogP contribution in [0.2, 0.25) is 0 Å². The van der Waals surface area contributed by atoms with Crippen molar-refractivity contribution in [2.45, 2.75) is 0 Å². The van der Waals surface area contributed by atoms with E-state index in [2.05, 4.69) is 11.9 Å². The fraction of sp³-hybridized carbons (Fsp3) is 0.154. The molecule has 1 heterocycles. The zero-order valence-electron chi connectivity index (χ0n) is 9.23. The fourth-order valence-corrected chi connectivity index (χ4v) is 1.78. The highest BCUT2D eigenvalue weighted by atomic mass is 16.1. The quantitative estimate of drug-likeness (QED) is 0.780. The van der Waals surface area contributed by atoms with Crippen molar-refractivity contribution in [3.05, 3.63) is 48.7 Å². The molecule has 0 fully saturated rings. The number of hydrogen-bond donors (Lipinski definition) is 1. The first-order valence-electron chi connectivity index (χ1n) is 5.17. The first kappa shape index (κ1) is 10.5. The van der Waals surface area contributed by atoms with Gasteiger partial charge in [-0.15, -0.1) is 6.58 Å². The molecular formula is C13H14N2O. The van der Waals surface area contributed by atoms with E-state index in [-0.39, 0.29) is 5.91 Å². The second-order valence-electron chi connectivity index (χ2n) is 3.67. The lowest BCUT2D eigenvalue weighted by Gasteiger charge is -1.99. The number of carbonyl (C=O) groups is 1. The lowest BCUT2D eigenvalue weighted by molar-refractivity contribution is 0.0959. The molecule has 2 aromatic rings. The van der Waals surface area contributed by atoms with Crippen LogP contribution in [0.1, 0.15) is 10.4 Å². The molecular weight excluding hydrogens is 200 g/mol. The van der Waals surface area contributed by atoms with E-state index in [0.717, 1.165) is 10.9 Å². The van der Waals surface area contributed by atoms with Crippen LogP contribution in [0.25, 0.3) is 10.9 Å². The number of hydrogen-bond acceptors (Lipinski definition) is 1. The normalized spacial score (nSPS) is 10.3. The van der Waals surface area contributed by atoms with Gasteiger partial charge >= 0.3 is 0 Å². The van der Waals surface area contributed by atoms with Crippen LogP contribution in [0, 0.1) is 0 Å². The van der Waals surface area contributed by atoms with Gasteiger partial charge < -0.3 is 9.88 Å². The molecule has 0 aliphatic carbocycles. The third kappa shape index (κ3) is 1.72. The molecule has 1 amide bonds. The van der Waals surface area contributed by atoms with Crippen molar-refractivity contribution < 1.29 is 4.79 Å². The van der Waals surface area contributed by atoms with E-state index in [0.29, 0.717) is 12.1 Å². The summed E-state index contributed by atoms with van der Waals surface area (Å²) >= 11 is 0. The summed E-state index contributed by atoms with van der Waals surface area (Å²) in [6.45, 7) is 4.06. The van der Waals surface area contributed by atoms with Crippen molar-refractivity contribution in [1.29, 1.82) is 0 Å². The number of rotatable bonds is 3. The minimum Gasteiger partial charge on any atom is -0.350 e. The Hall–Kier alpha value is -2.03. The Morgan fingerprint density at radius 3 is 3.00 bits per heavy atom. The average Bonchev–Trinajstić information content (AvgIpc) is 2.65. The Morgan fingerprint density at radius 1 is 1.50 bits per heavy atom. The van der Waals surface area contributed by atoms with E-state index in [9.17, 15) is 4.79 Å². The van der Waals surface area contributed by atoms with Crippen LogP contribution in [-0.4, -0.2) is 17.0 Å². The highest BCUT2D eigenvalue weighted by Gasteiger charge is 2.12. The third-order valence-electron chi connectivity index (χ3n) is 2.55. The number of aryl methyl sites for hydroxylation is 1. The van der Waals surface area contributed by atoms with E-state index in [4.69, 9.17) is 0 Å². The van der Waals surface area contributed by atoms with Crippen LogP contribution in [-0.2, 0) is 7.05 Å². The van der Waals surface area contributed by atoms with Gasteiger partial charge in [-0.25, -0.2) is 0 Å². The van der Waals surface area contributed by atoms with Crippen molar-refractivity contribution >= 4 is 16.8 Å². The fourth-order valence-electron chi connectivity index (χ4n) is 1.78. The molecule has 1 aromatic heterocycles. The third-order valence-corrected chi connectivity index (χ3v) is 2.55. The maximum absolute atomic E-state index is 11.9. The Kier molecular flexibility index (Phi) is 2.77. The predicted molar refractivity (Wildman–Crippen MR) is 65.4 cm³/mol. The van der Waals surface area contributed by atoms with Crippen molar-refractivity contribution in [3.8, 4) is 0 Å². The van der Waals surface area contributed by atoms with E-state index in [1.165, 1.54) is 0 Å². The monoisotopic (exact) mass is 214 g/mol. The Bertz CT molecular complexity index is 540. The number of amides is 1. The topological polar surface area (TPSA) is 34.0 Å². The first-order valence-corrected chi connectivity index (χ1v) is 5.17. The minimum atomic E-state index is -0.0586. The van der Waals surface area contributed by atoms with Crippen molar-refractivity contribution in [3.63, 3.8) is 0 Å². The molecule has 1 N–H and O–H groups in total. The molecule has 0 saturated heterocycles. The molecule has 0 unspecified atom stereocenters. The molecule has 0 saturated carbocycles. The Balaban J connectivity index is 2.44. The molecule has 0 atom stereocenters. The summed E-state index contributed by atoms with van der Waals surface area (Å²) in [6, 6.07) is 7.86. The van der Waals surface area contributed by atoms with Gasteiger partial charge in [-0.3, -0.25) is 4.79 Å². The molecule has 16 heavy (non-hydrogen) atoms. The summed E-state index contributed by atoms with van der Waals surface area (Å²) in [4.78, 5) is 11.9. The zero-order valence-corrected chi connectivity index (χ0v) is 9.23. The van der Waals surface area contributed by atoms with Gasteiger partial charge in [0.15, 0.2) is 0 Å². The van der Waals surface area contributed by atoms with Gasteiger partial charge in [-0.05, 0) is 6.07 Å². The number of benzene rings is 1. The predicted octanol–water partition coefficient (Wildman–Crippen LogP) is 2.09. The maximum atomic E-state index is 11.9. The van der Waals surface area contributed by atoms with Crippen molar-refractivity contribution in [2.24, 2.45) is 7.05 Å². The lowest BCUT2D eigenvalue weighted by Crippen LogP contribution is -2.22. The maximum Gasteiger partial charge on any atom is 0.253 e. The van der Waals surface area contributed by atoms with E-state index in [1.807, 2.05) is 42.1 Å². The summed E-state index contributed by atoms with van der Waals surface area (Å²) in [5.74, 6) is -0.0586. The van der Waals surface area contributed by atoms with Crippen LogP contribution in [0.5, 0.6) is 0 Å². The van der Waals surface area contributed by atoms with E-state index in [1.54, 1.807) is 6.08 Å². The van der Waals surface area contributed by atoms with Crippen molar-refractivity contribution in [2.75, 3.05) is 6.54 Å². The first-order chi connectivity index (χ1) is 7.74. The number of para-hydroxylation sites is 1. The van der Waals surface area contributed by atoms with Gasteiger partial charge in [-0.2, -0.15) is 0 Å². The van der Waals surface area contributed by atoms with Crippen LogP contribution < -0.4 is 5.32 Å². The minimum absolute atomic E-state index is 0.0586. The lowest BCUT2D eigenvalue weighted by atomic mass is 10.1. The summed E-state index contributed by atoms with van der Waals surface area (Å²) in [5.41, 5.74) is 1.77. The number of nitrogens with one attached hydrogen (secondary N) is 1. The van der Waals surface area contributed by atoms with Crippen LogP contribution >= 0.6 is 0 Å². The van der Waals surface area contributed by atoms with Crippen molar-refractivity contribution in [1.82, 2.24) is 9.88 Å². The molecule has 0 spiro atoms. The average molecular weight is 214 g/mol. The number of carbonyl (C=O) groups excluding carboxylic acids is 1. The van der Waals surface area contributed by atoms with Gasteiger partial charge in [0, 0.05) is 30.7 Å². The largest absolute Gasteiger partial charge is 0.350 e. The number of fused-ring (bicyclic) bond motifs is 1. The highest BCUT2D eigenvalue weighted by Crippen LogP contribution is 2.19. The van der Waals surface area contributed by atoms with Gasteiger partial charge in [0.2, 0.25) is 0 Å². The number of aromatic nitrogens is 1. The Morgan fingerprint density at radius 2 is 2.25 bits per heavy atom. The number of nitrogens with zero attached hydrogens (tertiary/aromatic N) is 1. The van der Waals surface area contributed by atoms with Gasteiger partial charge in [-0.1, -0.05) is 24.3 Å². The van der Waals surface area contributed by atoms with E-state index < -0.39 is 0 Å². The van der Waals surface area contributed by atoms with Crippen LogP contribution in [0.15, 0.2) is 43.1 Å². The standard InChI is InChI=1S/C13H14N2O/c1-3-8-14-13(16)11-9-15(2)12-7-5-4-6-10(11)12/h3-7,9H,1,8H2,2H3,(H,14,16). The van der Waals surface area contributed by atoms with Gasteiger partial charge in [0.05, 0.1) is 5.56 Å². The van der Waals surface area contributed by atoms with Gasteiger partial charge in [0.1, 0.15) is 0 Å². The van der Waals surface area contributed by atoms with Gasteiger partial charge in [0.25, 0.3) is 5.91 Å². The summed E-state index contributed by atoms with van der Waals surface area (Å²) in [7, 11) is 1.94. The molecule has 2 rings (SSSR count). The molecule has 1 aromatic carbocycles. The molecule has 3 heteroatoms. The molecule has 0 radical (unpaired) electrons. The SMILES string of the molecule is C=CCNC(=O)c1cn(C)c2ccccc12. The second-order valence-corrected chi connectivity index (χ2v) is 3.67. The van der Waals surface area contributed by atoms with Crippen LogP contribution in [0.4, 0.5) is 0 Å². The molecule has 3 nitrogen and oxygen atoms in total. The smallest absolute Gasteiger partial charge is 0.253 e. The molecule has 0 aliphatic rings.